The Morgan fingerprint density at radius 2 is 1.88 bits per heavy atom. The van der Waals surface area contributed by atoms with Gasteiger partial charge in [-0.3, -0.25) is 9.59 Å². The van der Waals surface area contributed by atoms with Gasteiger partial charge in [-0.05, 0) is 53.9 Å². The van der Waals surface area contributed by atoms with Crippen molar-refractivity contribution in [2.45, 2.75) is 25.9 Å². The third kappa shape index (κ3) is 3.84. The summed E-state index contributed by atoms with van der Waals surface area (Å²) in [6.45, 7) is 2.72. The number of rotatable bonds is 6. The number of carbonyl (C=O) groups is 1. The Bertz CT molecular complexity index is 1460. The summed E-state index contributed by atoms with van der Waals surface area (Å²) in [4.78, 5) is 28.7. The Labute approximate surface area is 200 Å². The molecule has 0 spiro atoms. The maximum atomic E-state index is 14.0. The van der Waals surface area contributed by atoms with Crippen LogP contribution in [0.15, 0.2) is 75.9 Å². The van der Waals surface area contributed by atoms with Crippen LogP contribution in [0.25, 0.3) is 11.0 Å². The lowest BCUT2D eigenvalue weighted by Crippen LogP contribution is -2.29. The highest BCUT2D eigenvalue weighted by atomic mass is 35.5. The number of fused-ring (bicyclic) bond motifs is 2. The van der Waals surface area contributed by atoms with Crippen molar-refractivity contribution in [2.75, 3.05) is 6.61 Å². The number of benzene rings is 3. The molecule has 7 heteroatoms. The summed E-state index contributed by atoms with van der Waals surface area (Å²) in [5, 5.41) is 0.603. The zero-order valence-corrected chi connectivity index (χ0v) is 19.1. The van der Waals surface area contributed by atoms with Gasteiger partial charge in [0.25, 0.3) is 5.91 Å². The Balaban J connectivity index is 1.70. The monoisotopic (exact) mass is 477 g/mol. The number of nitrogens with zero attached hydrogens (tertiary/aromatic N) is 1. The van der Waals surface area contributed by atoms with Crippen LogP contribution in [0.2, 0.25) is 5.02 Å². The molecule has 1 aromatic heterocycles. The zero-order valence-electron chi connectivity index (χ0n) is 18.4. The highest BCUT2D eigenvalue weighted by Crippen LogP contribution is 2.40. The highest BCUT2D eigenvalue weighted by molar-refractivity contribution is 6.31. The molecule has 5 rings (SSSR count). The molecule has 1 unspecified atom stereocenters. The van der Waals surface area contributed by atoms with Gasteiger partial charge in [-0.25, -0.2) is 4.39 Å². The minimum atomic E-state index is -0.743. The standard InChI is InChI=1S/C27H21ClFNO4/c1-2-12-33-19-8-5-7-16(13-19)24-23-25(31)20-14-18(29)10-11-22(20)34-26(23)27(32)30(24)15-17-6-3-4-9-21(17)28/h3-11,13-14,24H,2,12,15H2,1H3. The van der Waals surface area contributed by atoms with Crippen molar-refractivity contribution < 1.29 is 18.3 Å². The van der Waals surface area contributed by atoms with Gasteiger partial charge in [-0.1, -0.05) is 48.9 Å². The molecule has 1 atom stereocenters. The van der Waals surface area contributed by atoms with Gasteiger partial charge in [0.1, 0.15) is 17.1 Å². The maximum absolute atomic E-state index is 14.0. The molecular formula is C27H21ClFNO4. The second kappa shape index (κ2) is 8.95. The fraction of sp³-hybridized carbons (Fsp3) is 0.185. The molecule has 0 radical (unpaired) electrons. The maximum Gasteiger partial charge on any atom is 0.291 e. The van der Waals surface area contributed by atoms with Crippen molar-refractivity contribution in [2.24, 2.45) is 0 Å². The first kappa shape index (κ1) is 22.2. The van der Waals surface area contributed by atoms with Crippen LogP contribution in [-0.4, -0.2) is 17.4 Å². The van der Waals surface area contributed by atoms with E-state index >= 15 is 0 Å². The fourth-order valence-electron chi connectivity index (χ4n) is 4.31. The van der Waals surface area contributed by atoms with Crippen LogP contribution in [0.1, 0.15) is 46.6 Å². The number of carbonyl (C=O) groups excluding carboxylic acids is 1. The topological polar surface area (TPSA) is 59.8 Å². The number of hydrogen-bond donors (Lipinski definition) is 0. The predicted octanol–water partition coefficient (Wildman–Crippen LogP) is 6.12. The van der Waals surface area contributed by atoms with Crippen molar-refractivity contribution >= 4 is 28.5 Å². The van der Waals surface area contributed by atoms with Gasteiger partial charge >= 0.3 is 0 Å². The lowest BCUT2D eigenvalue weighted by molar-refractivity contribution is 0.0714. The van der Waals surface area contributed by atoms with Gasteiger partial charge in [0.05, 0.1) is 23.6 Å². The largest absolute Gasteiger partial charge is 0.494 e. The Morgan fingerprint density at radius 3 is 2.68 bits per heavy atom. The lowest BCUT2D eigenvalue weighted by atomic mass is 9.98. The zero-order chi connectivity index (χ0) is 23.8. The molecule has 0 fully saturated rings. The van der Waals surface area contributed by atoms with Crippen LogP contribution in [0.3, 0.4) is 0 Å². The van der Waals surface area contributed by atoms with E-state index in [1.165, 1.54) is 12.1 Å². The second-order valence-electron chi connectivity index (χ2n) is 8.16. The molecule has 2 heterocycles. The summed E-state index contributed by atoms with van der Waals surface area (Å²) in [5.74, 6) is -0.387. The van der Waals surface area contributed by atoms with Gasteiger partial charge in [0.2, 0.25) is 5.76 Å². The molecule has 34 heavy (non-hydrogen) atoms. The average Bonchev–Trinajstić information content (AvgIpc) is 3.11. The van der Waals surface area contributed by atoms with Crippen LogP contribution < -0.4 is 10.2 Å². The van der Waals surface area contributed by atoms with Crippen LogP contribution in [0.5, 0.6) is 5.75 Å². The van der Waals surface area contributed by atoms with Gasteiger partial charge in [-0.15, -0.1) is 0 Å². The van der Waals surface area contributed by atoms with E-state index in [1.54, 1.807) is 11.0 Å². The van der Waals surface area contributed by atoms with E-state index in [1.807, 2.05) is 49.4 Å². The first-order valence-electron chi connectivity index (χ1n) is 11.0. The van der Waals surface area contributed by atoms with Crippen molar-refractivity contribution in [3.63, 3.8) is 0 Å². The van der Waals surface area contributed by atoms with E-state index in [0.717, 1.165) is 18.1 Å². The van der Waals surface area contributed by atoms with E-state index in [-0.39, 0.29) is 28.8 Å². The van der Waals surface area contributed by atoms with Gasteiger partial charge in [0, 0.05) is 11.6 Å². The molecule has 5 nitrogen and oxygen atoms in total. The SMILES string of the molecule is CCCOc1cccc(C2c3c(oc4ccc(F)cc4c3=O)C(=O)N2Cc2ccccc2Cl)c1. The average molecular weight is 478 g/mol. The summed E-state index contributed by atoms with van der Waals surface area (Å²) < 4.78 is 25.6. The molecule has 4 aromatic rings. The molecule has 0 saturated carbocycles. The molecule has 1 amide bonds. The second-order valence-corrected chi connectivity index (χ2v) is 8.57. The quantitative estimate of drug-likeness (QED) is 0.335. The van der Waals surface area contributed by atoms with Gasteiger partial charge in [0.15, 0.2) is 5.43 Å². The number of ether oxygens (including phenoxy) is 1. The van der Waals surface area contributed by atoms with Crippen LogP contribution >= 0.6 is 11.6 Å². The van der Waals surface area contributed by atoms with E-state index in [9.17, 15) is 14.0 Å². The lowest BCUT2D eigenvalue weighted by Gasteiger charge is -2.26. The summed E-state index contributed by atoms with van der Waals surface area (Å²) in [6, 6.07) is 17.5. The molecule has 1 aliphatic heterocycles. The first-order valence-corrected chi connectivity index (χ1v) is 11.4. The number of hydrogen-bond acceptors (Lipinski definition) is 4. The van der Waals surface area contributed by atoms with Crippen molar-refractivity contribution in [3.05, 3.63) is 110 Å². The summed E-state index contributed by atoms with van der Waals surface area (Å²) in [6.07, 6.45) is 0.842. The molecule has 172 valence electrons. The Kier molecular flexibility index (Phi) is 5.84. The summed E-state index contributed by atoms with van der Waals surface area (Å²) >= 11 is 6.39. The van der Waals surface area contributed by atoms with E-state index in [2.05, 4.69) is 0 Å². The minimum absolute atomic E-state index is 0.0407. The van der Waals surface area contributed by atoms with Crippen molar-refractivity contribution in [1.29, 1.82) is 0 Å². The fourth-order valence-corrected chi connectivity index (χ4v) is 4.50. The summed E-state index contributed by atoms with van der Waals surface area (Å²) in [7, 11) is 0. The van der Waals surface area contributed by atoms with Crippen LogP contribution in [0.4, 0.5) is 4.39 Å². The third-order valence-corrected chi connectivity index (χ3v) is 6.24. The molecule has 1 aliphatic rings. The molecule has 0 saturated heterocycles. The molecular weight excluding hydrogens is 457 g/mol. The van der Waals surface area contributed by atoms with Crippen LogP contribution in [0, 0.1) is 5.82 Å². The smallest absolute Gasteiger partial charge is 0.291 e. The molecule has 0 aliphatic carbocycles. The van der Waals surface area contributed by atoms with E-state index in [0.29, 0.717) is 22.9 Å². The highest BCUT2D eigenvalue weighted by Gasteiger charge is 2.43. The predicted molar refractivity (Wildman–Crippen MR) is 128 cm³/mol. The normalized spacial score (nSPS) is 15.1. The molecule has 3 aromatic carbocycles. The first-order chi connectivity index (χ1) is 16.5. The Hall–Kier alpha value is -3.64. The van der Waals surface area contributed by atoms with Crippen LogP contribution in [-0.2, 0) is 6.54 Å². The number of halogens is 2. The summed E-state index contributed by atoms with van der Waals surface area (Å²) in [5.41, 5.74) is 1.34. The van der Waals surface area contributed by atoms with Crippen molar-refractivity contribution in [3.8, 4) is 5.75 Å². The Morgan fingerprint density at radius 1 is 1.06 bits per heavy atom. The van der Waals surface area contributed by atoms with E-state index in [4.69, 9.17) is 20.8 Å². The minimum Gasteiger partial charge on any atom is -0.494 e. The van der Waals surface area contributed by atoms with E-state index < -0.39 is 23.2 Å². The molecule has 0 N–H and O–H groups in total. The van der Waals surface area contributed by atoms with Crippen molar-refractivity contribution in [1.82, 2.24) is 4.90 Å². The van der Waals surface area contributed by atoms with Gasteiger partial charge < -0.3 is 14.1 Å². The van der Waals surface area contributed by atoms with Gasteiger partial charge in [-0.2, -0.15) is 0 Å². The third-order valence-electron chi connectivity index (χ3n) is 5.87. The number of amides is 1. The molecule has 0 bridgehead atoms.